The van der Waals surface area contributed by atoms with E-state index in [0.29, 0.717) is 17.1 Å². The van der Waals surface area contributed by atoms with Gasteiger partial charge in [-0.3, -0.25) is 9.80 Å². The summed E-state index contributed by atoms with van der Waals surface area (Å²) in [6.07, 6.45) is 8.47. The molecule has 0 saturated carbocycles. The first kappa shape index (κ1) is 27.1. The monoisotopic (exact) mass is 600 g/mol. The molecule has 10 heteroatoms. The van der Waals surface area contributed by atoms with E-state index in [2.05, 4.69) is 47.5 Å². The first-order chi connectivity index (χ1) is 18.5. The van der Waals surface area contributed by atoms with Crippen molar-refractivity contribution in [2.75, 3.05) is 44.7 Å². The second-order valence-electron chi connectivity index (χ2n) is 9.96. The van der Waals surface area contributed by atoms with Crippen molar-refractivity contribution >= 4 is 39.3 Å². The van der Waals surface area contributed by atoms with Gasteiger partial charge in [0.25, 0.3) is 0 Å². The van der Waals surface area contributed by atoms with Crippen molar-refractivity contribution in [1.29, 1.82) is 0 Å². The first-order valence-corrected chi connectivity index (χ1v) is 14.4. The number of likely N-dealkylation sites (tertiary alicyclic amines) is 1. The molecule has 1 N–H and O–H groups in total. The maximum atomic E-state index is 12.8. The van der Waals surface area contributed by atoms with Crippen LogP contribution in [0.25, 0.3) is 11.4 Å². The molecule has 0 aliphatic carbocycles. The number of esters is 1. The molecule has 0 unspecified atom stereocenters. The number of H-pyrrole nitrogens is 1. The molecule has 2 saturated heterocycles. The number of piperazine rings is 1. The van der Waals surface area contributed by atoms with Crippen LogP contribution in [0.5, 0.6) is 0 Å². The molecule has 0 spiro atoms. The van der Waals surface area contributed by atoms with Gasteiger partial charge in [-0.15, -0.1) is 0 Å². The first-order valence-electron chi connectivity index (χ1n) is 13.2. The second kappa shape index (κ2) is 12.2. The highest BCUT2D eigenvalue weighted by Gasteiger charge is 2.37. The molecule has 38 heavy (non-hydrogen) atoms. The summed E-state index contributed by atoms with van der Waals surface area (Å²) in [5.41, 5.74) is 1.86. The average Bonchev–Trinajstić information content (AvgIpc) is 3.49. The van der Waals surface area contributed by atoms with Crippen molar-refractivity contribution in [2.24, 2.45) is 0 Å². The molecule has 202 valence electrons. The van der Waals surface area contributed by atoms with Crippen LogP contribution in [0.4, 0.5) is 5.82 Å². The van der Waals surface area contributed by atoms with Gasteiger partial charge >= 0.3 is 5.97 Å². The van der Waals surface area contributed by atoms with E-state index in [1.165, 1.54) is 7.11 Å². The van der Waals surface area contributed by atoms with E-state index in [-0.39, 0.29) is 12.0 Å². The summed E-state index contributed by atoms with van der Waals surface area (Å²) >= 11 is 10.2. The summed E-state index contributed by atoms with van der Waals surface area (Å²) in [6.45, 7) is 6.72. The third kappa shape index (κ3) is 5.76. The smallest absolute Gasteiger partial charge is 0.327 e. The van der Waals surface area contributed by atoms with E-state index in [4.69, 9.17) is 21.3 Å². The Morgan fingerprint density at radius 1 is 1.18 bits per heavy atom. The van der Waals surface area contributed by atoms with Crippen LogP contribution < -0.4 is 4.90 Å². The molecule has 1 aromatic carbocycles. The number of nitrogens with zero attached hydrogens (tertiary/aromatic N) is 5. The number of aromatic amines is 1. The summed E-state index contributed by atoms with van der Waals surface area (Å²) < 4.78 is 6.19. The molecule has 2 aliphatic rings. The predicted molar refractivity (Wildman–Crippen MR) is 153 cm³/mol. The molecule has 0 amide bonds. The number of anilines is 1. The molecule has 8 nitrogen and oxygen atoms in total. The lowest BCUT2D eigenvalue weighted by atomic mass is 9.95. The Morgan fingerprint density at radius 3 is 2.58 bits per heavy atom. The number of nitrogens with one attached hydrogen (secondary N) is 1. The Hall–Kier alpha value is -2.46. The fourth-order valence-electron chi connectivity index (χ4n) is 5.85. The van der Waals surface area contributed by atoms with E-state index in [0.717, 1.165) is 79.2 Å². The molecular formula is C28H34BrClN6O2. The maximum absolute atomic E-state index is 12.8. The Labute approximate surface area is 237 Å². The predicted octanol–water partition coefficient (Wildman–Crippen LogP) is 5.17. The zero-order valence-electron chi connectivity index (χ0n) is 21.8. The van der Waals surface area contributed by atoms with Gasteiger partial charge in [-0.2, -0.15) is 0 Å². The van der Waals surface area contributed by atoms with Gasteiger partial charge in [-0.05, 0) is 43.0 Å². The van der Waals surface area contributed by atoms with Crippen molar-refractivity contribution in [3.8, 4) is 11.4 Å². The van der Waals surface area contributed by atoms with Crippen LogP contribution in [0, 0.1) is 0 Å². The van der Waals surface area contributed by atoms with Gasteiger partial charge in [0.1, 0.15) is 17.7 Å². The zero-order valence-corrected chi connectivity index (χ0v) is 24.2. The Bertz CT molecular complexity index is 1220. The molecule has 2 fully saturated rings. The van der Waals surface area contributed by atoms with Crippen LogP contribution in [-0.2, 0) is 9.53 Å². The molecule has 0 radical (unpaired) electrons. The Kier molecular flexibility index (Phi) is 8.67. The van der Waals surface area contributed by atoms with E-state index in [1.54, 1.807) is 12.4 Å². The molecule has 3 aromatic rings. The fraction of sp³-hybridized carbons (Fsp3) is 0.464. The minimum absolute atomic E-state index is 0.201. The molecule has 0 bridgehead atoms. The molecule has 2 aliphatic heterocycles. The average molecular weight is 602 g/mol. The molecular weight excluding hydrogens is 568 g/mol. The van der Waals surface area contributed by atoms with Gasteiger partial charge in [-0.1, -0.05) is 46.6 Å². The SMILES string of the molecule is CC[C@H]1CN(c2ncc(-c3ncc[nH]3)cc2Cl)CCN1C1CCN([C@@H](C(=O)OC)c2ccc(Br)cc2)CC1. The van der Waals surface area contributed by atoms with Gasteiger partial charge in [0.05, 0.1) is 12.1 Å². The topological polar surface area (TPSA) is 77.6 Å². The third-order valence-electron chi connectivity index (χ3n) is 7.84. The number of benzene rings is 1. The third-order valence-corrected chi connectivity index (χ3v) is 8.64. The van der Waals surface area contributed by atoms with Crippen LogP contribution >= 0.6 is 27.5 Å². The van der Waals surface area contributed by atoms with Crippen molar-refractivity contribution < 1.29 is 9.53 Å². The highest BCUT2D eigenvalue weighted by Crippen LogP contribution is 2.33. The van der Waals surface area contributed by atoms with Crippen LogP contribution in [0.2, 0.25) is 5.02 Å². The number of aromatic nitrogens is 3. The number of carbonyl (C=O) groups excluding carboxylic acids is 1. The lowest BCUT2D eigenvalue weighted by molar-refractivity contribution is -0.148. The number of rotatable bonds is 7. The summed E-state index contributed by atoms with van der Waals surface area (Å²) in [4.78, 5) is 32.1. The summed E-state index contributed by atoms with van der Waals surface area (Å²) in [5.74, 6) is 1.40. The van der Waals surface area contributed by atoms with Crippen LogP contribution in [0.1, 0.15) is 37.8 Å². The molecule has 2 aromatic heterocycles. The summed E-state index contributed by atoms with van der Waals surface area (Å²) in [6, 6.07) is 10.5. The number of carbonyl (C=O) groups is 1. The summed E-state index contributed by atoms with van der Waals surface area (Å²) in [5, 5.41) is 0.650. The van der Waals surface area contributed by atoms with Crippen LogP contribution in [0.15, 0.2) is 53.4 Å². The van der Waals surface area contributed by atoms with E-state index in [9.17, 15) is 4.79 Å². The van der Waals surface area contributed by atoms with Crippen LogP contribution in [0.3, 0.4) is 0 Å². The minimum atomic E-state index is -0.370. The minimum Gasteiger partial charge on any atom is -0.468 e. The van der Waals surface area contributed by atoms with Crippen molar-refractivity contribution in [2.45, 2.75) is 44.3 Å². The number of hydrogen-bond donors (Lipinski definition) is 1. The number of piperidine rings is 1. The van der Waals surface area contributed by atoms with Gasteiger partial charge in [-0.25, -0.2) is 14.8 Å². The van der Waals surface area contributed by atoms with Crippen molar-refractivity contribution in [3.63, 3.8) is 0 Å². The largest absolute Gasteiger partial charge is 0.468 e. The standard InChI is InChI=1S/C28H34BrClN6O2/c1-3-22-18-35(27-24(30)16-20(17-33-27)26-31-10-11-32-26)14-15-36(22)23-8-12-34(13-9-23)25(28(37)38-2)19-4-6-21(29)7-5-19/h4-7,10-11,16-17,22-23,25H,3,8-9,12-15,18H2,1-2H3,(H,31,32)/t22-,25+/m0/s1. The molecule has 5 rings (SSSR count). The number of methoxy groups -OCH3 is 1. The number of halogens is 2. The van der Waals surface area contributed by atoms with Crippen molar-refractivity contribution in [1.82, 2.24) is 24.8 Å². The zero-order chi connectivity index (χ0) is 26.6. The van der Waals surface area contributed by atoms with Gasteiger partial charge in [0.2, 0.25) is 0 Å². The van der Waals surface area contributed by atoms with E-state index in [1.807, 2.05) is 36.5 Å². The van der Waals surface area contributed by atoms with Gasteiger partial charge in [0, 0.05) is 73.4 Å². The highest BCUT2D eigenvalue weighted by molar-refractivity contribution is 9.10. The van der Waals surface area contributed by atoms with Crippen LogP contribution in [-0.4, -0.2) is 82.6 Å². The number of pyridine rings is 1. The highest BCUT2D eigenvalue weighted by atomic mass is 79.9. The number of hydrogen-bond acceptors (Lipinski definition) is 7. The van der Waals surface area contributed by atoms with Gasteiger partial charge < -0.3 is 14.6 Å². The quantitative estimate of drug-likeness (QED) is 0.375. The Morgan fingerprint density at radius 2 is 1.95 bits per heavy atom. The fourth-order valence-corrected chi connectivity index (χ4v) is 6.40. The van der Waals surface area contributed by atoms with Gasteiger partial charge in [0.15, 0.2) is 0 Å². The second-order valence-corrected chi connectivity index (χ2v) is 11.3. The Balaban J connectivity index is 1.23. The van der Waals surface area contributed by atoms with E-state index >= 15 is 0 Å². The lowest BCUT2D eigenvalue weighted by Gasteiger charge is -2.48. The normalized spacial score (nSPS) is 20.4. The maximum Gasteiger partial charge on any atom is 0.327 e. The van der Waals surface area contributed by atoms with Crippen molar-refractivity contribution in [3.05, 3.63) is 64.0 Å². The van der Waals surface area contributed by atoms with E-state index < -0.39 is 0 Å². The molecule has 2 atom stereocenters. The number of ether oxygens (including phenoxy) is 1. The summed E-state index contributed by atoms with van der Waals surface area (Å²) in [7, 11) is 1.47. The number of imidazole rings is 1. The lowest BCUT2D eigenvalue weighted by Crippen LogP contribution is -2.58. The molecule has 4 heterocycles.